The summed E-state index contributed by atoms with van der Waals surface area (Å²) in [6.45, 7) is 4.70. The number of piperazine rings is 1. The van der Waals surface area contributed by atoms with Crippen molar-refractivity contribution in [3.05, 3.63) is 22.4 Å². The van der Waals surface area contributed by atoms with Crippen LogP contribution in [0.5, 0.6) is 0 Å². The Bertz CT molecular complexity index is 642. The first-order chi connectivity index (χ1) is 11.5. The first-order valence-electron chi connectivity index (χ1n) is 8.29. The molecule has 2 heterocycles. The second-order valence-corrected chi connectivity index (χ2v) is 7.63. The highest BCUT2D eigenvalue weighted by Gasteiger charge is 2.43. The highest BCUT2D eigenvalue weighted by molar-refractivity contribution is 7.12. The van der Waals surface area contributed by atoms with Crippen molar-refractivity contribution < 1.29 is 9.59 Å². The molecule has 1 atom stereocenters. The van der Waals surface area contributed by atoms with Crippen LogP contribution in [-0.2, 0) is 4.79 Å². The van der Waals surface area contributed by atoms with Gasteiger partial charge in [-0.05, 0) is 37.1 Å². The molecule has 1 aromatic rings. The summed E-state index contributed by atoms with van der Waals surface area (Å²) in [5, 5.41) is 14.1. The molecule has 1 aliphatic carbocycles. The first-order valence-corrected chi connectivity index (χ1v) is 9.17. The minimum Gasteiger partial charge on any atom is -0.337 e. The third kappa shape index (κ3) is 3.77. The maximum Gasteiger partial charge on any atom is 0.264 e. The standard InChI is InChI=1S/C17H22N4O2S/c1-17(12-18,13-4-5-13)19-15(22)11-20-6-8-21(9-7-20)16(23)14-3-2-10-24-14/h2-3,10,13H,4-9,11H2,1H3,(H,19,22). The van der Waals surface area contributed by atoms with Crippen molar-refractivity contribution >= 4 is 23.2 Å². The molecule has 128 valence electrons. The Balaban J connectivity index is 1.46. The normalized spacial score (nSPS) is 20.9. The lowest BCUT2D eigenvalue weighted by molar-refractivity contribution is -0.124. The van der Waals surface area contributed by atoms with Crippen LogP contribution >= 0.6 is 11.3 Å². The zero-order valence-electron chi connectivity index (χ0n) is 13.8. The molecular formula is C17H22N4O2S. The van der Waals surface area contributed by atoms with E-state index in [-0.39, 0.29) is 24.3 Å². The van der Waals surface area contributed by atoms with Crippen molar-refractivity contribution in [1.82, 2.24) is 15.1 Å². The highest BCUT2D eigenvalue weighted by atomic mass is 32.1. The van der Waals surface area contributed by atoms with E-state index in [1.807, 2.05) is 27.3 Å². The summed E-state index contributed by atoms with van der Waals surface area (Å²) in [4.78, 5) is 29.2. The molecule has 1 aromatic heterocycles. The van der Waals surface area contributed by atoms with Gasteiger partial charge in [-0.1, -0.05) is 6.07 Å². The second-order valence-electron chi connectivity index (χ2n) is 6.68. The monoisotopic (exact) mass is 346 g/mol. The Morgan fingerprint density at radius 3 is 2.62 bits per heavy atom. The number of amides is 2. The molecule has 3 rings (SSSR count). The Labute approximate surface area is 146 Å². The van der Waals surface area contributed by atoms with Gasteiger partial charge < -0.3 is 10.2 Å². The van der Waals surface area contributed by atoms with E-state index in [4.69, 9.17) is 0 Å². The first kappa shape index (κ1) is 16.9. The number of rotatable bonds is 5. The molecule has 1 saturated carbocycles. The largest absolute Gasteiger partial charge is 0.337 e. The van der Waals surface area contributed by atoms with E-state index >= 15 is 0 Å². The molecule has 2 fully saturated rings. The average Bonchev–Trinajstić information content (AvgIpc) is 3.31. The van der Waals surface area contributed by atoms with Gasteiger partial charge in [-0.25, -0.2) is 0 Å². The van der Waals surface area contributed by atoms with Crippen molar-refractivity contribution in [2.75, 3.05) is 32.7 Å². The Hall–Kier alpha value is -1.91. The maximum atomic E-state index is 12.3. The lowest BCUT2D eigenvalue weighted by Gasteiger charge is -2.34. The van der Waals surface area contributed by atoms with Crippen LogP contribution in [0, 0.1) is 17.2 Å². The van der Waals surface area contributed by atoms with Crippen molar-refractivity contribution in [3.8, 4) is 6.07 Å². The van der Waals surface area contributed by atoms with Crippen LogP contribution in [0.4, 0.5) is 0 Å². The summed E-state index contributed by atoms with van der Waals surface area (Å²) in [6.07, 6.45) is 2.02. The van der Waals surface area contributed by atoms with Gasteiger partial charge in [0.05, 0.1) is 17.5 Å². The molecule has 0 aromatic carbocycles. The minimum atomic E-state index is -0.742. The predicted octanol–water partition coefficient (Wildman–Crippen LogP) is 1.31. The van der Waals surface area contributed by atoms with Gasteiger partial charge in [0, 0.05) is 26.2 Å². The van der Waals surface area contributed by atoms with Crippen LogP contribution in [0.2, 0.25) is 0 Å². The lowest BCUT2D eigenvalue weighted by Crippen LogP contribution is -2.54. The van der Waals surface area contributed by atoms with E-state index in [0.717, 1.165) is 17.7 Å². The molecule has 6 nitrogen and oxygen atoms in total. The SMILES string of the molecule is CC(C#N)(NC(=O)CN1CCN(C(=O)c2cccs2)CC1)C1CC1. The van der Waals surface area contributed by atoms with Gasteiger partial charge in [-0.15, -0.1) is 11.3 Å². The number of hydrogen-bond acceptors (Lipinski definition) is 5. The van der Waals surface area contributed by atoms with E-state index in [1.165, 1.54) is 11.3 Å². The second kappa shape index (κ2) is 6.91. The van der Waals surface area contributed by atoms with Gasteiger partial charge in [0.1, 0.15) is 5.54 Å². The molecule has 0 bridgehead atoms. The van der Waals surface area contributed by atoms with Gasteiger partial charge in [0.2, 0.25) is 5.91 Å². The van der Waals surface area contributed by atoms with Crippen molar-refractivity contribution in [2.24, 2.45) is 5.92 Å². The molecule has 2 aliphatic rings. The number of carbonyl (C=O) groups is 2. The number of nitriles is 1. The number of carbonyl (C=O) groups excluding carboxylic acids is 2. The van der Waals surface area contributed by atoms with Gasteiger partial charge in [0.15, 0.2) is 0 Å². The molecular weight excluding hydrogens is 324 g/mol. The maximum absolute atomic E-state index is 12.3. The molecule has 7 heteroatoms. The van der Waals surface area contributed by atoms with E-state index < -0.39 is 5.54 Å². The Morgan fingerprint density at radius 2 is 2.08 bits per heavy atom. The fraction of sp³-hybridized carbons (Fsp3) is 0.588. The van der Waals surface area contributed by atoms with Crippen molar-refractivity contribution in [2.45, 2.75) is 25.3 Å². The quantitative estimate of drug-likeness (QED) is 0.872. The third-order valence-electron chi connectivity index (χ3n) is 4.78. The minimum absolute atomic E-state index is 0.0693. The third-order valence-corrected chi connectivity index (χ3v) is 5.64. The van der Waals surface area contributed by atoms with Gasteiger partial charge in [-0.2, -0.15) is 5.26 Å². The molecule has 0 radical (unpaired) electrons. The molecule has 1 aliphatic heterocycles. The smallest absolute Gasteiger partial charge is 0.264 e. The van der Waals surface area contributed by atoms with Crippen LogP contribution < -0.4 is 5.32 Å². The van der Waals surface area contributed by atoms with Crippen LogP contribution in [0.15, 0.2) is 17.5 Å². The fourth-order valence-corrected chi connectivity index (χ4v) is 3.77. The fourth-order valence-electron chi connectivity index (χ4n) is 3.08. The summed E-state index contributed by atoms with van der Waals surface area (Å²) in [7, 11) is 0. The zero-order chi connectivity index (χ0) is 17.2. The average molecular weight is 346 g/mol. The van der Waals surface area contributed by atoms with E-state index in [9.17, 15) is 14.9 Å². The predicted molar refractivity (Wildman–Crippen MR) is 91.5 cm³/mol. The molecule has 1 N–H and O–H groups in total. The number of thiophene rings is 1. The van der Waals surface area contributed by atoms with E-state index in [1.54, 1.807) is 6.92 Å². The number of nitrogens with zero attached hydrogens (tertiary/aromatic N) is 3. The molecule has 2 amide bonds. The molecule has 0 spiro atoms. The van der Waals surface area contributed by atoms with E-state index in [2.05, 4.69) is 11.4 Å². The van der Waals surface area contributed by atoms with Crippen molar-refractivity contribution in [1.29, 1.82) is 5.26 Å². The molecule has 24 heavy (non-hydrogen) atoms. The summed E-state index contributed by atoms with van der Waals surface area (Å²) >= 11 is 1.45. The summed E-state index contributed by atoms with van der Waals surface area (Å²) in [5.41, 5.74) is -0.742. The summed E-state index contributed by atoms with van der Waals surface area (Å²) in [5.74, 6) is 0.246. The summed E-state index contributed by atoms with van der Waals surface area (Å²) in [6, 6.07) is 5.96. The molecule has 1 saturated heterocycles. The lowest BCUT2D eigenvalue weighted by atomic mass is 9.98. The van der Waals surface area contributed by atoms with Crippen LogP contribution in [-0.4, -0.2) is 59.9 Å². The molecule has 1 unspecified atom stereocenters. The Kier molecular flexibility index (Phi) is 4.88. The van der Waals surface area contributed by atoms with E-state index in [0.29, 0.717) is 26.2 Å². The Morgan fingerprint density at radius 1 is 1.38 bits per heavy atom. The van der Waals surface area contributed by atoms with Crippen LogP contribution in [0.25, 0.3) is 0 Å². The van der Waals surface area contributed by atoms with Gasteiger partial charge in [-0.3, -0.25) is 14.5 Å². The van der Waals surface area contributed by atoms with Crippen molar-refractivity contribution in [3.63, 3.8) is 0 Å². The topological polar surface area (TPSA) is 76.4 Å². The number of nitrogens with one attached hydrogen (secondary N) is 1. The van der Waals surface area contributed by atoms with Gasteiger partial charge in [0.25, 0.3) is 5.91 Å². The van der Waals surface area contributed by atoms with Crippen LogP contribution in [0.1, 0.15) is 29.4 Å². The highest BCUT2D eigenvalue weighted by Crippen LogP contribution is 2.39. The van der Waals surface area contributed by atoms with Crippen LogP contribution in [0.3, 0.4) is 0 Å². The zero-order valence-corrected chi connectivity index (χ0v) is 14.6. The number of hydrogen-bond donors (Lipinski definition) is 1. The van der Waals surface area contributed by atoms with Gasteiger partial charge >= 0.3 is 0 Å². The summed E-state index contributed by atoms with van der Waals surface area (Å²) < 4.78 is 0.